The van der Waals surface area contributed by atoms with Crippen LogP contribution in [0.2, 0.25) is 5.02 Å². The third-order valence-corrected chi connectivity index (χ3v) is 12.6. The van der Waals surface area contributed by atoms with E-state index < -0.39 is 27.3 Å². The number of rotatable bonds is 11. The largest absolute Gasteiger partial charge is 0.490 e. The van der Waals surface area contributed by atoms with Crippen LogP contribution in [0.4, 0.5) is 5.69 Å². The van der Waals surface area contributed by atoms with E-state index in [1.54, 1.807) is 37.3 Å². The van der Waals surface area contributed by atoms with Crippen LogP contribution in [-0.4, -0.2) is 50.5 Å². The van der Waals surface area contributed by atoms with Gasteiger partial charge in [-0.1, -0.05) is 43.7 Å². The molecule has 1 spiro atoms. The maximum atomic E-state index is 13.4. The van der Waals surface area contributed by atoms with Crippen LogP contribution < -0.4 is 14.4 Å². The van der Waals surface area contributed by atoms with Crippen molar-refractivity contribution in [2.45, 2.75) is 82.0 Å². The topological polar surface area (TPSA) is 95.9 Å². The van der Waals surface area contributed by atoms with Gasteiger partial charge in [0.1, 0.15) is 5.75 Å². The van der Waals surface area contributed by atoms with Crippen LogP contribution in [0.1, 0.15) is 80.3 Å². The lowest BCUT2D eigenvalue weighted by atomic mass is 9.58. The molecular formula is C35H45ClN2O5S. The molecule has 2 aromatic carbocycles. The van der Waals surface area contributed by atoms with Crippen molar-refractivity contribution in [1.82, 2.24) is 4.72 Å². The van der Waals surface area contributed by atoms with Gasteiger partial charge in [0.15, 0.2) is 0 Å². The van der Waals surface area contributed by atoms with Crippen LogP contribution in [0.3, 0.4) is 0 Å². The van der Waals surface area contributed by atoms with E-state index in [1.807, 2.05) is 6.07 Å². The summed E-state index contributed by atoms with van der Waals surface area (Å²) in [5.74, 6) is 0.196. The molecule has 1 amide bonds. The number of hydrogen-bond acceptors (Lipinski definition) is 6. The number of fused-ring (bicyclic) bond motifs is 3. The number of aryl methyl sites for hydroxylation is 1. The van der Waals surface area contributed by atoms with Gasteiger partial charge in [-0.3, -0.25) is 4.79 Å². The number of carbonyl (C=O) groups excluding carboxylic acids is 1. The van der Waals surface area contributed by atoms with E-state index in [4.69, 9.17) is 16.3 Å². The zero-order valence-electron chi connectivity index (χ0n) is 25.9. The minimum Gasteiger partial charge on any atom is -0.490 e. The number of aliphatic hydroxyl groups excluding tert-OH is 1. The second kappa shape index (κ2) is 12.9. The molecule has 44 heavy (non-hydrogen) atoms. The Kier molecular flexibility index (Phi) is 9.55. The molecule has 1 fully saturated rings. The van der Waals surface area contributed by atoms with E-state index in [9.17, 15) is 18.3 Å². The summed E-state index contributed by atoms with van der Waals surface area (Å²) < 4.78 is 35.1. The number of amides is 1. The average Bonchev–Trinajstić information content (AvgIpc) is 3.15. The zero-order chi connectivity index (χ0) is 31.7. The molecule has 1 aliphatic heterocycles. The molecule has 1 saturated carbocycles. The van der Waals surface area contributed by atoms with Crippen LogP contribution >= 0.6 is 11.6 Å². The predicted molar refractivity (Wildman–Crippen MR) is 177 cm³/mol. The van der Waals surface area contributed by atoms with E-state index in [0.29, 0.717) is 44.7 Å². The van der Waals surface area contributed by atoms with E-state index in [1.165, 1.54) is 11.1 Å². The van der Waals surface area contributed by atoms with Gasteiger partial charge in [-0.05, 0) is 98.7 Å². The van der Waals surface area contributed by atoms with Crippen molar-refractivity contribution < 1.29 is 23.1 Å². The van der Waals surface area contributed by atoms with Gasteiger partial charge in [0.05, 0.1) is 23.6 Å². The SMILES string of the molecule is C=CCC[C@@H](CC)S(=O)(=O)NC(=O)c1ccc2c(c1)N(C[C@@H]1CC[C@@]1(C)[C@H](O)C=C)C[C@@]1(CCCc3cc(Cl)ccc31)CO2. The average molecular weight is 641 g/mol. The van der Waals surface area contributed by atoms with Gasteiger partial charge < -0.3 is 14.7 Å². The fourth-order valence-corrected chi connectivity index (χ4v) is 9.06. The summed E-state index contributed by atoms with van der Waals surface area (Å²) in [5, 5.41) is 10.9. The summed E-state index contributed by atoms with van der Waals surface area (Å²) in [4.78, 5) is 15.7. The number of hydrogen-bond donors (Lipinski definition) is 2. The van der Waals surface area contributed by atoms with Crippen molar-refractivity contribution in [3.8, 4) is 5.75 Å². The minimum atomic E-state index is -3.88. The molecule has 2 N–H and O–H groups in total. The Hall–Kier alpha value is -2.81. The summed E-state index contributed by atoms with van der Waals surface area (Å²) in [6.45, 7) is 13.2. The van der Waals surface area contributed by atoms with Gasteiger partial charge in [0, 0.05) is 34.5 Å². The highest BCUT2D eigenvalue weighted by Crippen LogP contribution is 2.52. The van der Waals surface area contributed by atoms with Crippen molar-refractivity contribution in [3.05, 3.63) is 83.4 Å². The molecule has 1 heterocycles. The van der Waals surface area contributed by atoms with Crippen molar-refractivity contribution in [2.24, 2.45) is 11.3 Å². The van der Waals surface area contributed by atoms with E-state index in [0.717, 1.165) is 42.8 Å². The standard InChI is InChI=1S/C35H45ClN2O5S/c1-5-8-11-28(6-2)44(41,42)37-33(40)25-12-15-31-30(20-25)38(21-26-16-18-34(26,4)32(39)7-3)22-35(23-43-31)17-9-10-24-19-27(36)13-14-29(24)35/h5,7,12-15,19-20,26,28,32,39H,1,3,6,8-11,16-18,21-23H2,2,4H3,(H,37,40)/t26-,28+,32+,34+,35-/m0/s1. The Bertz CT molecular complexity index is 1530. The normalized spacial score (nSPS) is 25.8. The minimum absolute atomic E-state index is 0.194. The van der Waals surface area contributed by atoms with Crippen LogP contribution in [0, 0.1) is 11.3 Å². The fraction of sp³-hybridized carbons (Fsp3) is 0.514. The van der Waals surface area contributed by atoms with Gasteiger partial charge in [0.2, 0.25) is 10.0 Å². The lowest BCUT2D eigenvalue weighted by Gasteiger charge is -2.52. The van der Waals surface area contributed by atoms with E-state index >= 15 is 0 Å². The molecule has 9 heteroatoms. The second-order valence-electron chi connectivity index (χ2n) is 13.1. The molecule has 238 valence electrons. The van der Waals surface area contributed by atoms with Crippen molar-refractivity contribution in [2.75, 3.05) is 24.6 Å². The van der Waals surface area contributed by atoms with Crippen LogP contribution in [0.25, 0.3) is 0 Å². The third-order valence-electron chi connectivity index (χ3n) is 10.4. The predicted octanol–water partition coefficient (Wildman–Crippen LogP) is 6.58. The highest BCUT2D eigenvalue weighted by molar-refractivity contribution is 7.90. The molecule has 3 aliphatic rings. The summed E-state index contributed by atoms with van der Waals surface area (Å²) in [5.41, 5.74) is 2.90. The van der Waals surface area contributed by atoms with Crippen LogP contribution in [0.15, 0.2) is 61.7 Å². The Morgan fingerprint density at radius 2 is 2.05 bits per heavy atom. The first-order valence-electron chi connectivity index (χ1n) is 15.7. The lowest BCUT2D eigenvalue weighted by molar-refractivity contribution is -0.0466. The highest BCUT2D eigenvalue weighted by Gasteiger charge is 2.49. The second-order valence-corrected chi connectivity index (χ2v) is 15.5. The van der Waals surface area contributed by atoms with Gasteiger partial charge in [-0.25, -0.2) is 13.1 Å². The quantitative estimate of drug-likeness (QED) is 0.269. The number of halogens is 1. The van der Waals surface area contributed by atoms with Crippen LogP contribution in [-0.2, 0) is 21.9 Å². The first-order valence-corrected chi connectivity index (χ1v) is 17.7. The molecular weight excluding hydrogens is 596 g/mol. The number of ether oxygens (including phenoxy) is 1. The number of anilines is 1. The number of nitrogens with zero attached hydrogens (tertiary/aromatic N) is 1. The Labute approximate surface area is 267 Å². The molecule has 5 rings (SSSR count). The van der Waals surface area contributed by atoms with Gasteiger partial charge in [0.25, 0.3) is 5.91 Å². The molecule has 0 aromatic heterocycles. The summed E-state index contributed by atoms with van der Waals surface area (Å²) in [7, 11) is -3.88. The number of carbonyl (C=O) groups is 1. The molecule has 0 bridgehead atoms. The molecule has 0 radical (unpaired) electrons. The van der Waals surface area contributed by atoms with E-state index in [2.05, 4.69) is 41.8 Å². The molecule has 7 nitrogen and oxygen atoms in total. The van der Waals surface area contributed by atoms with Gasteiger partial charge in [-0.2, -0.15) is 0 Å². The first-order chi connectivity index (χ1) is 21.0. The molecule has 0 saturated heterocycles. The summed E-state index contributed by atoms with van der Waals surface area (Å²) in [6, 6.07) is 11.3. The number of benzene rings is 2. The van der Waals surface area contributed by atoms with Gasteiger partial charge in [-0.15, -0.1) is 13.2 Å². The monoisotopic (exact) mass is 640 g/mol. The van der Waals surface area contributed by atoms with E-state index in [-0.39, 0.29) is 22.3 Å². The highest BCUT2D eigenvalue weighted by atomic mass is 35.5. The number of aliphatic hydroxyl groups is 1. The molecule has 0 unspecified atom stereocenters. The van der Waals surface area contributed by atoms with Crippen molar-refractivity contribution in [3.63, 3.8) is 0 Å². The zero-order valence-corrected chi connectivity index (χ0v) is 27.4. The van der Waals surface area contributed by atoms with Crippen molar-refractivity contribution >= 4 is 33.2 Å². The Morgan fingerprint density at radius 1 is 1.25 bits per heavy atom. The maximum absolute atomic E-state index is 13.4. The number of allylic oxidation sites excluding steroid dienone is 1. The third kappa shape index (κ3) is 6.18. The van der Waals surface area contributed by atoms with Crippen LogP contribution in [0.5, 0.6) is 5.75 Å². The van der Waals surface area contributed by atoms with Gasteiger partial charge >= 0.3 is 0 Å². The maximum Gasteiger partial charge on any atom is 0.264 e. The molecule has 5 atom stereocenters. The van der Waals surface area contributed by atoms with Crippen molar-refractivity contribution in [1.29, 1.82) is 0 Å². The number of sulfonamides is 1. The molecule has 2 aromatic rings. The Balaban J connectivity index is 1.51. The number of nitrogens with one attached hydrogen (secondary N) is 1. The molecule has 2 aliphatic carbocycles. The summed E-state index contributed by atoms with van der Waals surface area (Å²) in [6.07, 6.45) is 8.82. The first kappa shape index (κ1) is 32.6. The Morgan fingerprint density at radius 3 is 2.73 bits per heavy atom. The fourth-order valence-electron chi connectivity index (χ4n) is 7.44. The smallest absolute Gasteiger partial charge is 0.264 e. The summed E-state index contributed by atoms with van der Waals surface area (Å²) >= 11 is 6.40. The lowest BCUT2D eigenvalue weighted by Crippen LogP contribution is -2.53.